The van der Waals surface area contributed by atoms with Crippen molar-refractivity contribution < 1.29 is 32.5 Å². The zero-order chi connectivity index (χ0) is 26.7. The lowest BCUT2D eigenvalue weighted by Gasteiger charge is -2.23. The van der Waals surface area contributed by atoms with Crippen molar-refractivity contribution in [2.24, 2.45) is 0 Å². The molecule has 3 rings (SSSR count). The van der Waals surface area contributed by atoms with Crippen LogP contribution >= 0.6 is 11.3 Å². The van der Waals surface area contributed by atoms with Gasteiger partial charge in [-0.3, -0.25) is 0 Å². The Morgan fingerprint density at radius 3 is 2.31 bits per heavy atom. The van der Waals surface area contributed by atoms with Gasteiger partial charge in [0, 0.05) is 24.5 Å². The fourth-order valence-electron chi connectivity index (χ4n) is 3.33. The highest BCUT2D eigenvalue weighted by Crippen LogP contribution is 2.33. The molecule has 0 spiro atoms. The van der Waals surface area contributed by atoms with Crippen molar-refractivity contribution in [3.05, 3.63) is 58.5 Å². The number of alkyl halides is 3. The van der Waals surface area contributed by atoms with Gasteiger partial charge in [0.1, 0.15) is 11.5 Å². The quantitative estimate of drug-likeness (QED) is 0.303. The lowest BCUT2D eigenvalue weighted by Crippen LogP contribution is -2.38. The number of halogens is 3. The second-order valence-corrected chi connectivity index (χ2v) is 9.85. The Labute approximate surface area is 212 Å². The fourth-order valence-corrected chi connectivity index (χ4v) is 4.16. The number of hydrogen-bond acceptors (Lipinski definition) is 6. The molecule has 2 aromatic carbocycles. The number of aryl methyl sites for hydroxylation is 2. The Morgan fingerprint density at radius 2 is 1.69 bits per heavy atom. The molecule has 0 saturated heterocycles. The normalized spacial score (nSPS) is 11.9. The van der Waals surface area contributed by atoms with Crippen LogP contribution in [0.5, 0.6) is 11.5 Å². The van der Waals surface area contributed by atoms with Crippen molar-refractivity contribution in [2.75, 3.05) is 25.1 Å². The molecule has 0 saturated carbocycles. The number of aliphatic carboxylic acids is 1. The first-order chi connectivity index (χ1) is 16.8. The minimum atomic E-state index is -4.36. The Morgan fingerprint density at radius 1 is 1.08 bits per heavy atom. The van der Waals surface area contributed by atoms with E-state index in [1.54, 1.807) is 6.07 Å². The number of carboxylic acids is 1. The Bertz CT molecular complexity index is 1210. The van der Waals surface area contributed by atoms with E-state index in [0.717, 1.165) is 28.4 Å². The Balaban J connectivity index is 1.53. The predicted molar refractivity (Wildman–Crippen MR) is 134 cm³/mol. The molecule has 3 aromatic rings. The highest BCUT2D eigenvalue weighted by Gasteiger charge is 2.31. The highest BCUT2D eigenvalue weighted by atomic mass is 32.1. The molecule has 1 N–H and O–H groups in total. The van der Waals surface area contributed by atoms with Crippen LogP contribution in [0.25, 0.3) is 11.3 Å². The first-order valence-electron chi connectivity index (χ1n) is 11.3. The van der Waals surface area contributed by atoms with Crippen molar-refractivity contribution >= 4 is 22.4 Å². The van der Waals surface area contributed by atoms with Gasteiger partial charge in [-0.25, -0.2) is 9.78 Å². The number of anilines is 1. The molecule has 36 heavy (non-hydrogen) atoms. The number of hydrogen-bond donors (Lipinski definition) is 1. The monoisotopic (exact) mass is 522 g/mol. The number of rotatable bonds is 10. The largest absolute Gasteiger partial charge is 0.493 e. The fraction of sp³-hybridized carbons (Fsp3) is 0.385. The summed E-state index contributed by atoms with van der Waals surface area (Å²) in [6.45, 7) is 7.85. The molecular formula is C26H29F3N2O4S. The molecule has 0 aliphatic rings. The molecule has 0 bridgehead atoms. The maximum absolute atomic E-state index is 12.8. The topological polar surface area (TPSA) is 71.9 Å². The summed E-state index contributed by atoms with van der Waals surface area (Å²) in [6.07, 6.45) is -3.65. The van der Waals surface area contributed by atoms with E-state index in [-0.39, 0.29) is 0 Å². The summed E-state index contributed by atoms with van der Waals surface area (Å²) in [7, 11) is 1.90. The van der Waals surface area contributed by atoms with Crippen molar-refractivity contribution in [3.63, 3.8) is 0 Å². The van der Waals surface area contributed by atoms with E-state index >= 15 is 0 Å². The van der Waals surface area contributed by atoms with Gasteiger partial charge >= 0.3 is 12.1 Å². The molecule has 0 unspecified atom stereocenters. The zero-order valence-electron chi connectivity index (χ0n) is 20.8. The molecule has 0 amide bonds. The molecule has 6 nitrogen and oxygen atoms in total. The van der Waals surface area contributed by atoms with Gasteiger partial charge in [0.25, 0.3) is 0 Å². The zero-order valence-corrected chi connectivity index (χ0v) is 21.6. The maximum Gasteiger partial charge on any atom is 0.416 e. The van der Waals surface area contributed by atoms with Crippen LogP contribution in [-0.4, -0.2) is 41.9 Å². The second kappa shape index (κ2) is 10.8. The van der Waals surface area contributed by atoms with Gasteiger partial charge in [0.15, 0.2) is 10.7 Å². The van der Waals surface area contributed by atoms with Crippen LogP contribution in [-0.2, 0) is 11.0 Å². The number of ether oxygens (including phenoxy) is 2. The molecule has 1 aromatic heterocycles. The van der Waals surface area contributed by atoms with Gasteiger partial charge < -0.3 is 19.5 Å². The van der Waals surface area contributed by atoms with E-state index in [9.17, 15) is 23.1 Å². The van der Waals surface area contributed by atoms with E-state index in [1.165, 1.54) is 37.3 Å². The number of carbonyl (C=O) groups is 1. The molecule has 0 fully saturated rings. The van der Waals surface area contributed by atoms with Crippen LogP contribution < -0.4 is 14.4 Å². The molecule has 0 atom stereocenters. The smallest absolute Gasteiger partial charge is 0.416 e. The van der Waals surface area contributed by atoms with Crippen LogP contribution in [0.3, 0.4) is 0 Å². The highest BCUT2D eigenvalue weighted by molar-refractivity contribution is 7.14. The summed E-state index contributed by atoms with van der Waals surface area (Å²) >= 11 is 1.43. The molecule has 194 valence electrons. The maximum atomic E-state index is 12.8. The standard InChI is InChI=1S/C26H29F3N2O4S/c1-16-14-22(35-25(3,4)23(32)33)17(2)13-21(16)34-12-6-11-31(5)24-30-20(15-36-24)18-7-9-19(10-8-18)26(27,28)29/h7-10,13-15H,6,11-12H2,1-5H3,(H,32,33). The lowest BCUT2D eigenvalue weighted by molar-refractivity contribution is -0.152. The van der Waals surface area contributed by atoms with Gasteiger partial charge in [-0.15, -0.1) is 11.3 Å². The summed E-state index contributed by atoms with van der Waals surface area (Å²) in [5, 5.41) is 11.9. The van der Waals surface area contributed by atoms with Crippen LogP contribution in [0.1, 0.15) is 37.0 Å². The molecule has 0 aliphatic carbocycles. The van der Waals surface area contributed by atoms with Crippen LogP contribution in [0.4, 0.5) is 18.3 Å². The van der Waals surface area contributed by atoms with E-state index in [1.807, 2.05) is 37.2 Å². The summed E-state index contributed by atoms with van der Waals surface area (Å²) in [6, 6.07) is 8.59. The Hall–Kier alpha value is -3.27. The SMILES string of the molecule is Cc1cc(OC(C)(C)C(=O)O)c(C)cc1OCCCN(C)c1nc(-c2ccc(C(F)(F)F)cc2)cs1. The third kappa shape index (κ3) is 6.69. The van der Waals surface area contributed by atoms with Crippen molar-refractivity contribution in [3.8, 4) is 22.8 Å². The van der Waals surface area contributed by atoms with Crippen LogP contribution in [0, 0.1) is 13.8 Å². The van der Waals surface area contributed by atoms with Gasteiger partial charge in [-0.2, -0.15) is 13.2 Å². The predicted octanol–water partition coefficient (Wildman–Crippen LogP) is 6.59. The van der Waals surface area contributed by atoms with Gasteiger partial charge in [0.2, 0.25) is 0 Å². The minimum absolute atomic E-state index is 0.461. The van der Waals surface area contributed by atoms with Crippen molar-refractivity contribution in [1.29, 1.82) is 0 Å². The summed E-state index contributed by atoms with van der Waals surface area (Å²) in [5.74, 6) is 0.157. The van der Waals surface area contributed by atoms with E-state index in [2.05, 4.69) is 4.98 Å². The summed E-state index contributed by atoms with van der Waals surface area (Å²) in [5.41, 5.74) is 0.854. The number of nitrogens with zero attached hydrogens (tertiary/aromatic N) is 2. The molecule has 10 heteroatoms. The minimum Gasteiger partial charge on any atom is -0.493 e. The summed E-state index contributed by atoms with van der Waals surface area (Å²) in [4.78, 5) is 17.9. The number of thiazole rings is 1. The van der Waals surface area contributed by atoms with Gasteiger partial charge in [-0.05, 0) is 69.5 Å². The third-order valence-electron chi connectivity index (χ3n) is 5.57. The number of carboxylic acid groups (broad SMARTS) is 1. The van der Waals surface area contributed by atoms with E-state index in [0.29, 0.717) is 42.3 Å². The molecule has 1 heterocycles. The Kier molecular flexibility index (Phi) is 8.18. The van der Waals surface area contributed by atoms with Crippen molar-refractivity contribution in [1.82, 2.24) is 4.98 Å². The first kappa shape index (κ1) is 27.3. The van der Waals surface area contributed by atoms with E-state index < -0.39 is 23.3 Å². The van der Waals surface area contributed by atoms with Crippen LogP contribution in [0.15, 0.2) is 41.8 Å². The molecule has 0 radical (unpaired) electrons. The average Bonchev–Trinajstić information content (AvgIpc) is 3.29. The van der Waals surface area contributed by atoms with Crippen LogP contribution in [0.2, 0.25) is 0 Å². The van der Waals surface area contributed by atoms with E-state index in [4.69, 9.17) is 9.47 Å². The molecular weight excluding hydrogens is 493 g/mol. The van der Waals surface area contributed by atoms with Gasteiger partial charge in [0.05, 0.1) is 17.9 Å². The number of aromatic nitrogens is 1. The average molecular weight is 523 g/mol. The third-order valence-corrected chi connectivity index (χ3v) is 6.53. The lowest BCUT2D eigenvalue weighted by atomic mass is 10.1. The number of benzene rings is 2. The van der Waals surface area contributed by atoms with Crippen molar-refractivity contribution in [2.45, 2.75) is 45.9 Å². The second-order valence-electron chi connectivity index (χ2n) is 9.01. The first-order valence-corrected chi connectivity index (χ1v) is 12.2. The molecule has 0 aliphatic heterocycles. The van der Waals surface area contributed by atoms with Gasteiger partial charge in [-0.1, -0.05) is 12.1 Å². The summed E-state index contributed by atoms with van der Waals surface area (Å²) < 4.78 is 49.9.